The molecule has 0 amide bonds. The van der Waals surface area contributed by atoms with Crippen molar-refractivity contribution in [2.75, 3.05) is 0 Å². The van der Waals surface area contributed by atoms with Crippen LogP contribution in [0.25, 0.3) is 0 Å². The van der Waals surface area contributed by atoms with Crippen LogP contribution >= 0.6 is 12.4 Å². The van der Waals surface area contributed by atoms with Gasteiger partial charge in [0.05, 0.1) is 17.2 Å². The first-order valence-electron chi connectivity index (χ1n) is 7.89. The highest BCUT2D eigenvalue weighted by Gasteiger charge is 2.40. The zero-order valence-electron chi connectivity index (χ0n) is 13.4. The normalized spacial score (nSPS) is 21.0. The second kappa shape index (κ2) is 5.86. The molecular formula is C19H17ClO5. The van der Waals surface area contributed by atoms with E-state index in [0.717, 1.165) is 0 Å². The molecule has 0 aromatic heterocycles. The van der Waals surface area contributed by atoms with Crippen molar-refractivity contribution >= 4 is 24.0 Å². The minimum absolute atomic E-state index is 0. The Bertz CT molecular complexity index is 919. The molecular weight excluding hydrogens is 344 g/mol. The lowest BCUT2D eigenvalue weighted by molar-refractivity contribution is 0.0972. The summed E-state index contributed by atoms with van der Waals surface area (Å²) in [6, 6.07) is 6.38. The molecule has 25 heavy (non-hydrogen) atoms. The number of benzene rings is 2. The summed E-state index contributed by atoms with van der Waals surface area (Å²) in [5.74, 6) is -1.71. The van der Waals surface area contributed by atoms with Gasteiger partial charge in [0, 0.05) is 28.7 Å². The van der Waals surface area contributed by atoms with Crippen molar-refractivity contribution in [2.24, 2.45) is 0 Å². The van der Waals surface area contributed by atoms with Gasteiger partial charge in [0.15, 0.2) is 11.6 Å². The topological polar surface area (TPSA) is 94.8 Å². The van der Waals surface area contributed by atoms with E-state index in [4.69, 9.17) is 0 Å². The van der Waals surface area contributed by atoms with E-state index in [9.17, 15) is 24.9 Å². The van der Waals surface area contributed by atoms with Crippen molar-refractivity contribution in [3.63, 3.8) is 0 Å². The van der Waals surface area contributed by atoms with E-state index in [1.165, 1.54) is 6.07 Å². The molecule has 2 aliphatic rings. The Morgan fingerprint density at radius 1 is 0.960 bits per heavy atom. The van der Waals surface area contributed by atoms with Crippen LogP contribution in [0.15, 0.2) is 24.3 Å². The largest absolute Gasteiger partial charge is 0.507 e. The monoisotopic (exact) mass is 360 g/mol. The zero-order valence-corrected chi connectivity index (χ0v) is 14.3. The molecule has 0 fully saturated rings. The van der Waals surface area contributed by atoms with Crippen LogP contribution in [0.2, 0.25) is 0 Å². The van der Waals surface area contributed by atoms with Crippen molar-refractivity contribution in [1.29, 1.82) is 0 Å². The quantitative estimate of drug-likeness (QED) is 0.536. The van der Waals surface area contributed by atoms with Gasteiger partial charge in [0.2, 0.25) is 0 Å². The SMILES string of the molecule is CC1CC(O)Cc2c(O)c3c(c(O)c21)C(=O)c1ccccc1C3=O.Cl. The Morgan fingerprint density at radius 3 is 2.04 bits per heavy atom. The van der Waals surface area contributed by atoms with Gasteiger partial charge in [-0.05, 0) is 12.3 Å². The molecule has 0 saturated carbocycles. The highest BCUT2D eigenvalue weighted by Crippen LogP contribution is 2.48. The number of aliphatic hydroxyl groups excluding tert-OH is 1. The van der Waals surface area contributed by atoms with E-state index in [-0.39, 0.29) is 58.5 Å². The Hall–Kier alpha value is -2.37. The summed E-state index contributed by atoms with van der Waals surface area (Å²) < 4.78 is 0. The fourth-order valence-electron chi connectivity index (χ4n) is 3.97. The average Bonchev–Trinajstić information content (AvgIpc) is 2.55. The molecule has 0 aliphatic heterocycles. The number of aromatic hydroxyl groups is 2. The maximum Gasteiger partial charge on any atom is 0.198 e. The van der Waals surface area contributed by atoms with E-state index >= 15 is 0 Å². The molecule has 4 rings (SSSR count). The lowest BCUT2D eigenvalue weighted by Gasteiger charge is -2.31. The molecule has 5 nitrogen and oxygen atoms in total. The summed E-state index contributed by atoms with van der Waals surface area (Å²) >= 11 is 0. The number of carbonyl (C=O) groups is 2. The first kappa shape index (κ1) is 17.5. The number of hydrogen-bond donors (Lipinski definition) is 3. The van der Waals surface area contributed by atoms with Crippen LogP contribution < -0.4 is 0 Å². The van der Waals surface area contributed by atoms with E-state index < -0.39 is 17.7 Å². The van der Waals surface area contributed by atoms with Crippen molar-refractivity contribution in [3.8, 4) is 11.5 Å². The van der Waals surface area contributed by atoms with Gasteiger partial charge < -0.3 is 15.3 Å². The van der Waals surface area contributed by atoms with Gasteiger partial charge in [-0.1, -0.05) is 31.2 Å². The summed E-state index contributed by atoms with van der Waals surface area (Å²) in [6.45, 7) is 1.82. The smallest absolute Gasteiger partial charge is 0.198 e. The maximum atomic E-state index is 12.8. The Morgan fingerprint density at radius 2 is 1.48 bits per heavy atom. The molecule has 2 aromatic rings. The predicted octanol–water partition coefficient (Wildman–Crippen LogP) is 2.71. The van der Waals surface area contributed by atoms with E-state index in [0.29, 0.717) is 17.5 Å². The van der Waals surface area contributed by atoms with Gasteiger partial charge in [-0.25, -0.2) is 0 Å². The number of carbonyl (C=O) groups excluding carboxylic acids is 2. The van der Waals surface area contributed by atoms with Crippen molar-refractivity contribution < 1.29 is 24.9 Å². The minimum atomic E-state index is -0.655. The molecule has 0 radical (unpaired) electrons. The van der Waals surface area contributed by atoms with Gasteiger partial charge in [-0.2, -0.15) is 0 Å². The van der Waals surface area contributed by atoms with Gasteiger partial charge in [0.1, 0.15) is 11.5 Å². The van der Waals surface area contributed by atoms with Gasteiger partial charge in [-0.3, -0.25) is 9.59 Å². The van der Waals surface area contributed by atoms with E-state index in [2.05, 4.69) is 0 Å². The number of hydrogen-bond acceptors (Lipinski definition) is 5. The van der Waals surface area contributed by atoms with Gasteiger partial charge in [0.25, 0.3) is 0 Å². The number of rotatable bonds is 0. The molecule has 2 unspecified atom stereocenters. The number of ketones is 2. The van der Waals surface area contributed by atoms with E-state index in [1.807, 2.05) is 6.92 Å². The number of fused-ring (bicyclic) bond motifs is 3. The second-order valence-electron chi connectivity index (χ2n) is 6.54. The summed E-state index contributed by atoms with van der Waals surface area (Å²) in [5, 5.41) is 31.3. The standard InChI is InChI=1S/C19H16O5.ClH/c1-8-6-9(20)7-12-13(8)19(24)15-14(18(12)23)16(21)10-4-2-3-5-11(10)17(15)22;/h2-5,8-9,20,23-24H,6-7H2,1H3;1H. The molecule has 0 heterocycles. The Labute approximate surface area is 150 Å². The van der Waals surface area contributed by atoms with Gasteiger partial charge >= 0.3 is 0 Å². The van der Waals surface area contributed by atoms with Crippen LogP contribution in [0.5, 0.6) is 11.5 Å². The molecule has 0 saturated heterocycles. The lowest BCUT2D eigenvalue weighted by atomic mass is 9.74. The zero-order chi connectivity index (χ0) is 17.2. The lowest BCUT2D eigenvalue weighted by Crippen LogP contribution is -2.26. The van der Waals surface area contributed by atoms with E-state index in [1.54, 1.807) is 18.2 Å². The predicted molar refractivity (Wildman–Crippen MR) is 93.1 cm³/mol. The fraction of sp³-hybridized carbons (Fsp3) is 0.263. The Balaban J connectivity index is 0.00000182. The van der Waals surface area contributed by atoms with Crippen LogP contribution in [-0.4, -0.2) is 33.0 Å². The maximum absolute atomic E-state index is 12.8. The average molecular weight is 361 g/mol. The van der Waals surface area contributed by atoms with Crippen molar-refractivity contribution in [3.05, 3.63) is 57.6 Å². The van der Waals surface area contributed by atoms with Crippen LogP contribution in [-0.2, 0) is 6.42 Å². The van der Waals surface area contributed by atoms with Crippen molar-refractivity contribution in [1.82, 2.24) is 0 Å². The van der Waals surface area contributed by atoms with Crippen molar-refractivity contribution in [2.45, 2.75) is 31.8 Å². The molecule has 2 aliphatic carbocycles. The summed E-state index contributed by atoms with van der Waals surface area (Å²) in [6.07, 6.45) is -0.0787. The first-order valence-corrected chi connectivity index (χ1v) is 7.89. The second-order valence-corrected chi connectivity index (χ2v) is 6.54. The van der Waals surface area contributed by atoms with Crippen LogP contribution in [0.3, 0.4) is 0 Å². The molecule has 3 N–H and O–H groups in total. The third kappa shape index (κ3) is 2.27. The minimum Gasteiger partial charge on any atom is -0.507 e. The highest BCUT2D eigenvalue weighted by molar-refractivity contribution is 6.30. The third-order valence-electron chi connectivity index (χ3n) is 5.02. The first-order chi connectivity index (χ1) is 11.4. The summed E-state index contributed by atoms with van der Waals surface area (Å²) in [4.78, 5) is 25.6. The number of phenolic OH excluding ortho intramolecular Hbond substituents is 2. The molecule has 6 heteroatoms. The fourth-order valence-corrected chi connectivity index (χ4v) is 3.97. The number of aliphatic hydroxyl groups is 1. The Kier molecular flexibility index (Phi) is 4.09. The van der Waals surface area contributed by atoms with Crippen LogP contribution in [0.1, 0.15) is 62.2 Å². The molecule has 0 bridgehead atoms. The summed E-state index contributed by atoms with van der Waals surface area (Å²) in [7, 11) is 0. The molecule has 2 atom stereocenters. The number of phenols is 2. The molecule has 130 valence electrons. The third-order valence-corrected chi connectivity index (χ3v) is 5.02. The summed E-state index contributed by atoms with van der Waals surface area (Å²) in [5.41, 5.74) is 0.978. The molecule has 0 spiro atoms. The number of halogens is 1. The van der Waals surface area contributed by atoms with Gasteiger partial charge in [-0.15, -0.1) is 12.4 Å². The van der Waals surface area contributed by atoms with Crippen LogP contribution in [0.4, 0.5) is 0 Å². The van der Waals surface area contributed by atoms with Crippen LogP contribution in [0, 0.1) is 0 Å². The molecule has 2 aromatic carbocycles. The highest BCUT2D eigenvalue weighted by atomic mass is 35.5.